The molecule has 0 aromatic heterocycles. The normalized spacial score (nSPS) is 19.1. The van der Waals surface area contributed by atoms with Gasteiger partial charge in [0.05, 0.1) is 18.2 Å². The molecule has 2 aliphatic heterocycles. The van der Waals surface area contributed by atoms with Crippen LogP contribution in [0.15, 0.2) is 35.5 Å². The Hall–Kier alpha value is -3.07. The predicted molar refractivity (Wildman–Crippen MR) is 144 cm³/mol. The summed E-state index contributed by atoms with van der Waals surface area (Å²) in [5.74, 6) is -0.0304. The van der Waals surface area contributed by atoms with Gasteiger partial charge < -0.3 is 20.3 Å². The Kier molecular flexibility index (Phi) is 10.4. The monoisotopic (exact) mass is 513 g/mol. The van der Waals surface area contributed by atoms with Crippen molar-refractivity contribution >= 4 is 18.0 Å². The van der Waals surface area contributed by atoms with Crippen LogP contribution in [0.4, 0.5) is 9.59 Å². The number of benzene rings is 1. The second-order valence-corrected chi connectivity index (χ2v) is 9.88. The summed E-state index contributed by atoms with van der Waals surface area (Å²) in [5, 5.41) is 6.00. The third-order valence-corrected chi connectivity index (χ3v) is 6.96. The lowest BCUT2D eigenvalue weighted by Gasteiger charge is -2.38. The Labute approximate surface area is 221 Å². The van der Waals surface area contributed by atoms with Crippen molar-refractivity contribution in [3.05, 3.63) is 46.7 Å². The SMILES string of the molecule is CCCNC(=O)N1CCCN(CC2=C(C(=O)OCC)C(c3ccc(C(C)C)cc3)NC(=O)N2CC)CC1. The molecule has 9 heteroatoms. The first-order valence-electron chi connectivity index (χ1n) is 13.6. The van der Waals surface area contributed by atoms with Crippen LogP contribution < -0.4 is 10.6 Å². The van der Waals surface area contributed by atoms with E-state index in [1.807, 2.05) is 43.0 Å². The van der Waals surface area contributed by atoms with Gasteiger partial charge in [-0.1, -0.05) is 45.0 Å². The van der Waals surface area contributed by atoms with E-state index in [9.17, 15) is 14.4 Å². The number of hydrogen-bond acceptors (Lipinski definition) is 5. The van der Waals surface area contributed by atoms with Crippen molar-refractivity contribution < 1.29 is 19.1 Å². The average Bonchev–Trinajstić information content (AvgIpc) is 3.13. The highest BCUT2D eigenvalue weighted by atomic mass is 16.5. The summed E-state index contributed by atoms with van der Waals surface area (Å²) in [7, 11) is 0. The second-order valence-electron chi connectivity index (χ2n) is 9.88. The van der Waals surface area contributed by atoms with Crippen molar-refractivity contribution in [3.8, 4) is 0 Å². The van der Waals surface area contributed by atoms with Gasteiger partial charge in [-0.3, -0.25) is 9.80 Å². The van der Waals surface area contributed by atoms with Gasteiger partial charge in [0.15, 0.2) is 0 Å². The van der Waals surface area contributed by atoms with Crippen LogP contribution in [0, 0.1) is 0 Å². The van der Waals surface area contributed by atoms with Gasteiger partial charge in [0.2, 0.25) is 0 Å². The van der Waals surface area contributed by atoms with Gasteiger partial charge >= 0.3 is 18.0 Å². The molecule has 0 radical (unpaired) electrons. The van der Waals surface area contributed by atoms with Crippen molar-refractivity contribution in [1.82, 2.24) is 25.3 Å². The van der Waals surface area contributed by atoms with E-state index in [0.717, 1.165) is 24.9 Å². The lowest BCUT2D eigenvalue weighted by Crippen LogP contribution is -2.51. The molecule has 4 amide bonds. The molecular formula is C28H43N5O4. The van der Waals surface area contributed by atoms with Crippen LogP contribution in [0.3, 0.4) is 0 Å². The molecule has 2 aliphatic rings. The molecule has 1 atom stereocenters. The number of likely N-dealkylation sites (N-methyl/N-ethyl adjacent to an activating group) is 1. The first kappa shape index (κ1) is 28.5. The molecular weight excluding hydrogens is 470 g/mol. The summed E-state index contributed by atoms with van der Waals surface area (Å²) in [6.07, 6.45) is 1.72. The van der Waals surface area contributed by atoms with E-state index in [2.05, 4.69) is 29.4 Å². The number of hydrogen-bond donors (Lipinski definition) is 2. The fourth-order valence-electron chi connectivity index (χ4n) is 4.87. The van der Waals surface area contributed by atoms with E-state index >= 15 is 0 Å². The first-order chi connectivity index (χ1) is 17.8. The van der Waals surface area contributed by atoms with E-state index in [1.54, 1.807) is 11.8 Å². The van der Waals surface area contributed by atoms with Gasteiger partial charge in [0.1, 0.15) is 0 Å². The zero-order chi connectivity index (χ0) is 26.9. The molecule has 1 aromatic carbocycles. The molecule has 0 spiro atoms. The van der Waals surface area contributed by atoms with Crippen molar-refractivity contribution in [2.24, 2.45) is 0 Å². The van der Waals surface area contributed by atoms with Crippen molar-refractivity contribution in [3.63, 3.8) is 0 Å². The van der Waals surface area contributed by atoms with Crippen LogP contribution in [-0.4, -0.2) is 85.2 Å². The lowest BCUT2D eigenvalue weighted by molar-refractivity contribution is -0.139. The zero-order valence-corrected chi connectivity index (χ0v) is 23.0. The van der Waals surface area contributed by atoms with Gasteiger partial charge in [0, 0.05) is 51.5 Å². The number of carbonyl (C=O) groups excluding carboxylic acids is 3. The molecule has 0 bridgehead atoms. The van der Waals surface area contributed by atoms with Crippen LogP contribution in [0.2, 0.25) is 0 Å². The highest BCUT2D eigenvalue weighted by molar-refractivity contribution is 5.95. The Bertz CT molecular complexity index is 975. The fraction of sp³-hybridized carbons (Fsp3) is 0.607. The maximum atomic E-state index is 13.3. The summed E-state index contributed by atoms with van der Waals surface area (Å²) in [6.45, 7) is 14.5. The molecule has 0 saturated carbocycles. The molecule has 37 heavy (non-hydrogen) atoms. The van der Waals surface area contributed by atoms with E-state index in [1.165, 1.54) is 5.56 Å². The summed E-state index contributed by atoms with van der Waals surface area (Å²) in [4.78, 5) is 44.8. The van der Waals surface area contributed by atoms with Gasteiger partial charge in [0.25, 0.3) is 0 Å². The van der Waals surface area contributed by atoms with E-state index in [4.69, 9.17) is 4.74 Å². The zero-order valence-electron chi connectivity index (χ0n) is 23.0. The molecule has 9 nitrogen and oxygen atoms in total. The molecule has 1 aromatic rings. The maximum absolute atomic E-state index is 13.3. The minimum atomic E-state index is -0.589. The molecule has 1 unspecified atom stereocenters. The topological polar surface area (TPSA) is 94.2 Å². The minimum absolute atomic E-state index is 0.0349. The molecule has 2 heterocycles. The van der Waals surface area contributed by atoms with Gasteiger partial charge in [-0.05, 0) is 43.7 Å². The standard InChI is InChI=1S/C28H43N5O4/c1-6-14-29-27(35)32-16-9-15-31(17-18-32)19-23-24(26(34)37-8-3)25(30-28(36)33(23)7-2)22-12-10-21(11-13-22)20(4)5/h10-13,20,25H,6-9,14-19H2,1-5H3,(H,29,35)(H,30,36). The number of nitrogens with one attached hydrogen (secondary N) is 2. The predicted octanol–water partition coefficient (Wildman–Crippen LogP) is 3.84. The lowest BCUT2D eigenvalue weighted by atomic mass is 9.92. The number of ether oxygens (including phenoxy) is 1. The Morgan fingerprint density at radius 1 is 1.08 bits per heavy atom. The second kappa shape index (κ2) is 13.5. The van der Waals surface area contributed by atoms with Crippen molar-refractivity contribution in [2.45, 2.75) is 59.4 Å². The van der Waals surface area contributed by atoms with Gasteiger partial charge in [-0.15, -0.1) is 0 Å². The van der Waals surface area contributed by atoms with E-state index < -0.39 is 12.0 Å². The van der Waals surface area contributed by atoms with Crippen molar-refractivity contribution in [1.29, 1.82) is 0 Å². The van der Waals surface area contributed by atoms with Crippen LogP contribution in [0.25, 0.3) is 0 Å². The summed E-state index contributed by atoms with van der Waals surface area (Å²) < 4.78 is 5.50. The number of amides is 4. The summed E-state index contributed by atoms with van der Waals surface area (Å²) >= 11 is 0. The molecule has 1 fully saturated rings. The average molecular weight is 514 g/mol. The van der Waals surface area contributed by atoms with Gasteiger partial charge in [-0.25, -0.2) is 14.4 Å². The maximum Gasteiger partial charge on any atom is 0.338 e. The number of urea groups is 2. The largest absolute Gasteiger partial charge is 0.463 e. The highest BCUT2D eigenvalue weighted by Crippen LogP contribution is 2.33. The van der Waals surface area contributed by atoms with E-state index in [0.29, 0.717) is 56.5 Å². The van der Waals surface area contributed by atoms with Gasteiger partial charge in [-0.2, -0.15) is 0 Å². The Morgan fingerprint density at radius 2 is 1.81 bits per heavy atom. The van der Waals surface area contributed by atoms with E-state index in [-0.39, 0.29) is 18.7 Å². The molecule has 2 N–H and O–H groups in total. The molecule has 0 aliphatic carbocycles. The number of carbonyl (C=O) groups is 3. The third kappa shape index (κ3) is 7.03. The molecule has 3 rings (SSSR count). The molecule has 1 saturated heterocycles. The number of rotatable bonds is 9. The smallest absolute Gasteiger partial charge is 0.338 e. The number of nitrogens with zero attached hydrogens (tertiary/aromatic N) is 3. The van der Waals surface area contributed by atoms with Crippen LogP contribution >= 0.6 is 0 Å². The highest BCUT2D eigenvalue weighted by Gasteiger charge is 2.38. The quantitative estimate of drug-likeness (QED) is 0.490. The van der Waals surface area contributed by atoms with Crippen LogP contribution in [0.1, 0.15) is 70.5 Å². The van der Waals surface area contributed by atoms with Crippen LogP contribution in [-0.2, 0) is 9.53 Å². The Balaban J connectivity index is 1.93. The van der Waals surface area contributed by atoms with Crippen molar-refractivity contribution in [2.75, 3.05) is 52.4 Å². The Morgan fingerprint density at radius 3 is 2.43 bits per heavy atom. The summed E-state index contributed by atoms with van der Waals surface area (Å²) in [6, 6.07) is 7.22. The number of esters is 1. The summed E-state index contributed by atoms with van der Waals surface area (Å²) in [5.41, 5.74) is 3.19. The fourth-order valence-corrected chi connectivity index (χ4v) is 4.87. The first-order valence-corrected chi connectivity index (χ1v) is 13.6. The third-order valence-electron chi connectivity index (χ3n) is 6.96. The minimum Gasteiger partial charge on any atom is -0.463 e. The van der Waals surface area contributed by atoms with Crippen LogP contribution in [0.5, 0.6) is 0 Å². The molecule has 204 valence electrons.